The summed E-state index contributed by atoms with van der Waals surface area (Å²) in [6.45, 7) is 9.78. The van der Waals surface area contributed by atoms with Gasteiger partial charge in [-0.3, -0.25) is 4.90 Å². The van der Waals surface area contributed by atoms with Gasteiger partial charge in [0.1, 0.15) is 0 Å². The molecule has 0 spiro atoms. The summed E-state index contributed by atoms with van der Waals surface area (Å²) in [5.74, 6) is 0.725. The zero-order valence-electron chi connectivity index (χ0n) is 11.0. The van der Waals surface area contributed by atoms with Gasteiger partial charge in [0, 0.05) is 23.8 Å². The van der Waals surface area contributed by atoms with Crippen molar-refractivity contribution in [1.82, 2.24) is 4.90 Å². The molecule has 1 aromatic rings. The number of halogens is 1. The van der Waals surface area contributed by atoms with Crippen molar-refractivity contribution in [2.75, 3.05) is 18.8 Å². The van der Waals surface area contributed by atoms with Crippen LogP contribution >= 0.6 is 11.6 Å². The Labute approximate surface area is 110 Å². The van der Waals surface area contributed by atoms with Gasteiger partial charge >= 0.3 is 0 Å². The smallest absolute Gasteiger partial charge is 0.0426 e. The number of rotatable bonds is 6. The highest BCUT2D eigenvalue weighted by Crippen LogP contribution is 2.20. The average molecular weight is 255 g/mol. The van der Waals surface area contributed by atoms with E-state index in [0.29, 0.717) is 5.02 Å². The van der Waals surface area contributed by atoms with Crippen molar-refractivity contribution in [1.29, 1.82) is 0 Å². The number of anilines is 1. The van der Waals surface area contributed by atoms with E-state index in [4.69, 9.17) is 17.3 Å². The molecule has 0 aliphatic heterocycles. The number of nitrogens with two attached hydrogens (primary N) is 1. The zero-order chi connectivity index (χ0) is 12.8. The van der Waals surface area contributed by atoms with E-state index in [1.807, 2.05) is 18.2 Å². The van der Waals surface area contributed by atoms with E-state index in [2.05, 4.69) is 25.7 Å². The van der Waals surface area contributed by atoms with Gasteiger partial charge in [0.25, 0.3) is 0 Å². The van der Waals surface area contributed by atoms with Gasteiger partial charge in [0.2, 0.25) is 0 Å². The number of hydrogen-bond acceptors (Lipinski definition) is 2. The van der Waals surface area contributed by atoms with E-state index in [1.54, 1.807) is 0 Å². The van der Waals surface area contributed by atoms with Crippen molar-refractivity contribution in [2.45, 2.75) is 33.7 Å². The van der Waals surface area contributed by atoms with Gasteiger partial charge in [-0.2, -0.15) is 0 Å². The van der Waals surface area contributed by atoms with Crippen LogP contribution < -0.4 is 5.73 Å². The molecular formula is C14H23ClN2. The lowest BCUT2D eigenvalue weighted by molar-refractivity contribution is 0.238. The largest absolute Gasteiger partial charge is 0.398 e. The van der Waals surface area contributed by atoms with E-state index < -0.39 is 0 Å². The molecule has 96 valence electrons. The Kier molecular flexibility index (Phi) is 5.79. The molecule has 0 aliphatic rings. The van der Waals surface area contributed by atoms with Crippen LogP contribution in [0.4, 0.5) is 5.69 Å². The summed E-state index contributed by atoms with van der Waals surface area (Å²) in [5, 5.41) is 0.705. The lowest BCUT2D eigenvalue weighted by Crippen LogP contribution is -2.28. The summed E-state index contributed by atoms with van der Waals surface area (Å²) in [6.07, 6.45) is 1.21. The van der Waals surface area contributed by atoms with E-state index >= 15 is 0 Å². The standard InChI is InChI=1S/C14H23ClN2/c1-4-11(3)9-17(5-2)10-12-6-7-13(15)8-14(12)16/h6-8,11H,4-5,9-10,16H2,1-3H3. The molecule has 0 aliphatic carbocycles. The van der Waals surface area contributed by atoms with Crippen molar-refractivity contribution in [3.05, 3.63) is 28.8 Å². The van der Waals surface area contributed by atoms with Crippen LogP contribution in [0.25, 0.3) is 0 Å². The number of nitrogens with zero attached hydrogens (tertiary/aromatic N) is 1. The van der Waals surface area contributed by atoms with Gasteiger partial charge in [0.15, 0.2) is 0 Å². The van der Waals surface area contributed by atoms with Crippen molar-refractivity contribution in [3.63, 3.8) is 0 Å². The molecule has 0 bridgehead atoms. The van der Waals surface area contributed by atoms with Gasteiger partial charge in [0.05, 0.1) is 0 Å². The van der Waals surface area contributed by atoms with Crippen LogP contribution in [0.3, 0.4) is 0 Å². The second-order valence-corrected chi connectivity index (χ2v) is 5.12. The third kappa shape index (κ3) is 4.57. The predicted octanol–water partition coefficient (Wildman–Crippen LogP) is 3.79. The van der Waals surface area contributed by atoms with Crippen LogP contribution in [0.2, 0.25) is 5.02 Å². The molecule has 0 saturated carbocycles. The van der Waals surface area contributed by atoms with Crippen molar-refractivity contribution < 1.29 is 0 Å². The van der Waals surface area contributed by atoms with Crippen LogP contribution in [-0.2, 0) is 6.54 Å². The molecule has 2 N–H and O–H groups in total. The fourth-order valence-electron chi connectivity index (χ4n) is 1.83. The molecule has 3 heteroatoms. The van der Waals surface area contributed by atoms with Gasteiger partial charge in [-0.15, -0.1) is 0 Å². The fraction of sp³-hybridized carbons (Fsp3) is 0.571. The highest BCUT2D eigenvalue weighted by atomic mass is 35.5. The van der Waals surface area contributed by atoms with E-state index in [9.17, 15) is 0 Å². The van der Waals surface area contributed by atoms with Gasteiger partial charge in [-0.25, -0.2) is 0 Å². The molecule has 1 atom stereocenters. The van der Waals surface area contributed by atoms with Crippen molar-refractivity contribution in [3.8, 4) is 0 Å². The maximum Gasteiger partial charge on any atom is 0.0426 e. The lowest BCUT2D eigenvalue weighted by Gasteiger charge is -2.24. The topological polar surface area (TPSA) is 29.3 Å². The highest BCUT2D eigenvalue weighted by Gasteiger charge is 2.09. The maximum atomic E-state index is 5.98. The molecule has 0 fully saturated rings. The highest BCUT2D eigenvalue weighted by molar-refractivity contribution is 6.30. The molecule has 1 unspecified atom stereocenters. The summed E-state index contributed by atoms with van der Waals surface area (Å²) in [6, 6.07) is 5.76. The number of hydrogen-bond donors (Lipinski definition) is 1. The molecule has 0 amide bonds. The fourth-order valence-corrected chi connectivity index (χ4v) is 2.01. The molecule has 0 radical (unpaired) electrons. The quantitative estimate of drug-likeness (QED) is 0.783. The van der Waals surface area contributed by atoms with Crippen molar-refractivity contribution >= 4 is 17.3 Å². The predicted molar refractivity (Wildman–Crippen MR) is 76.3 cm³/mol. The third-order valence-electron chi connectivity index (χ3n) is 3.22. The zero-order valence-corrected chi connectivity index (χ0v) is 11.8. The van der Waals surface area contributed by atoms with Gasteiger partial charge in [-0.05, 0) is 30.2 Å². The van der Waals surface area contributed by atoms with Crippen LogP contribution in [0.1, 0.15) is 32.8 Å². The molecule has 2 nitrogen and oxygen atoms in total. The average Bonchev–Trinajstić information content (AvgIpc) is 2.31. The first-order valence-electron chi connectivity index (χ1n) is 6.33. The maximum absolute atomic E-state index is 5.98. The second-order valence-electron chi connectivity index (χ2n) is 4.68. The molecule has 0 heterocycles. The van der Waals surface area contributed by atoms with Gasteiger partial charge < -0.3 is 5.73 Å². The second kappa shape index (κ2) is 6.87. The minimum Gasteiger partial charge on any atom is -0.398 e. The summed E-state index contributed by atoms with van der Waals surface area (Å²) in [5.41, 5.74) is 7.93. The SMILES string of the molecule is CCC(C)CN(CC)Cc1ccc(Cl)cc1N. The minimum absolute atomic E-state index is 0.705. The summed E-state index contributed by atoms with van der Waals surface area (Å²) in [7, 11) is 0. The molecule has 0 saturated heterocycles. The number of nitrogen functional groups attached to an aromatic ring is 1. The Hall–Kier alpha value is -0.730. The van der Waals surface area contributed by atoms with E-state index in [0.717, 1.165) is 31.2 Å². The summed E-state index contributed by atoms with van der Waals surface area (Å²) >= 11 is 5.90. The first-order valence-corrected chi connectivity index (χ1v) is 6.70. The summed E-state index contributed by atoms with van der Waals surface area (Å²) in [4.78, 5) is 2.42. The minimum atomic E-state index is 0.705. The Morgan fingerprint density at radius 2 is 2.06 bits per heavy atom. The van der Waals surface area contributed by atoms with Crippen LogP contribution in [-0.4, -0.2) is 18.0 Å². The first kappa shape index (κ1) is 14.3. The Balaban J connectivity index is 2.67. The van der Waals surface area contributed by atoms with Gasteiger partial charge in [-0.1, -0.05) is 44.9 Å². The third-order valence-corrected chi connectivity index (χ3v) is 3.45. The van der Waals surface area contributed by atoms with E-state index in [-0.39, 0.29) is 0 Å². The van der Waals surface area contributed by atoms with Crippen LogP contribution in [0.15, 0.2) is 18.2 Å². The molecular weight excluding hydrogens is 232 g/mol. The molecule has 17 heavy (non-hydrogen) atoms. The molecule has 0 aromatic heterocycles. The first-order chi connectivity index (χ1) is 8.06. The molecule has 1 rings (SSSR count). The lowest BCUT2D eigenvalue weighted by atomic mass is 10.1. The monoisotopic (exact) mass is 254 g/mol. The number of benzene rings is 1. The van der Waals surface area contributed by atoms with Crippen LogP contribution in [0.5, 0.6) is 0 Å². The normalized spacial score (nSPS) is 13.0. The van der Waals surface area contributed by atoms with E-state index in [1.165, 1.54) is 12.0 Å². The Morgan fingerprint density at radius 3 is 2.59 bits per heavy atom. The van der Waals surface area contributed by atoms with Crippen LogP contribution in [0, 0.1) is 5.92 Å². The Bertz CT molecular complexity index is 352. The van der Waals surface area contributed by atoms with Crippen molar-refractivity contribution in [2.24, 2.45) is 5.92 Å². The summed E-state index contributed by atoms with van der Waals surface area (Å²) < 4.78 is 0. The Morgan fingerprint density at radius 1 is 1.35 bits per heavy atom. The molecule has 1 aromatic carbocycles.